The molecule has 3 N–H and O–H groups in total. The Bertz CT molecular complexity index is 1360. The molecule has 7 heteroatoms. The highest BCUT2D eigenvalue weighted by Gasteiger charge is 2.59. The average Bonchev–Trinajstić information content (AvgIpc) is 3.58. The first-order chi connectivity index (χ1) is 28.3. The Morgan fingerprint density at radius 2 is 1.49 bits per heavy atom. The third-order valence-corrected chi connectivity index (χ3v) is 16.6. The number of fused-ring (bicyclic) bond motifs is 5. The summed E-state index contributed by atoms with van der Waals surface area (Å²) < 4.78 is 18.0. The van der Waals surface area contributed by atoms with E-state index in [0.717, 1.165) is 69.1 Å². The van der Waals surface area contributed by atoms with Crippen LogP contribution in [0.2, 0.25) is 0 Å². The summed E-state index contributed by atoms with van der Waals surface area (Å²) in [6.45, 7) is 18.3. The van der Waals surface area contributed by atoms with E-state index in [2.05, 4.69) is 66.3 Å². The first kappa shape index (κ1) is 48.5. The highest BCUT2D eigenvalue weighted by atomic mass is 16.7. The molecule has 0 amide bonds. The highest BCUT2D eigenvalue weighted by molar-refractivity contribution is 5.69. The van der Waals surface area contributed by atoms with Crippen LogP contribution in [-0.2, 0) is 19.0 Å². The van der Waals surface area contributed by atoms with Crippen molar-refractivity contribution in [2.45, 2.75) is 232 Å². The fraction of sp³-hybridized carbons (Fsp3) is 0.865. The number of allylic oxidation sites excluding steroid dienone is 4. The van der Waals surface area contributed by atoms with Gasteiger partial charge in [0.25, 0.3) is 0 Å². The van der Waals surface area contributed by atoms with Gasteiger partial charge in [0, 0.05) is 6.42 Å². The molecule has 4 aliphatic carbocycles. The number of aliphatic hydroxyl groups is 3. The fourth-order valence-electron chi connectivity index (χ4n) is 12.8. The quantitative estimate of drug-likeness (QED) is 0.0506. The zero-order valence-electron chi connectivity index (χ0n) is 38.5. The minimum atomic E-state index is -1.45. The third kappa shape index (κ3) is 12.4. The Kier molecular flexibility index (Phi) is 19.1. The lowest BCUT2D eigenvalue weighted by Gasteiger charge is -2.58. The minimum absolute atomic E-state index is 0.148. The van der Waals surface area contributed by atoms with Crippen molar-refractivity contribution in [2.75, 3.05) is 6.61 Å². The number of aliphatic hydroxyl groups excluding tert-OH is 3. The van der Waals surface area contributed by atoms with Crippen LogP contribution < -0.4 is 0 Å². The number of rotatable bonds is 24. The summed E-state index contributed by atoms with van der Waals surface area (Å²) in [5, 5.41) is 32.5. The first-order valence-electron chi connectivity index (χ1n) is 24.9. The van der Waals surface area contributed by atoms with Gasteiger partial charge in [0.05, 0.1) is 6.10 Å². The van der Waals surface area contributed by atoms with Gasteiger partial charge in [-0.1, -0.05) is 154 Å². The van der Waals surface area contributed by atoms with Gasteiger partial charge in [-0.3, -0.25) is 4.79 Å². The van der Waals surface area contributed by atoms with Crippen LogP contribution in [0.15, 0.2) is 36.0 Å². The zero-order valence-corrected chi connectivity index (χ0v) is 38.5. The molecule has 3 saturated carbocycles. The van der Waals surface area contributed by atoms with Crippen LogP contribution in [0, 0.1) is 46.3 Å². The van der Waals surface area contributed by atoms with E-state index in [9.17, 15) is 20.1 Å². The molecule has 4 fully saturated rings. The molecule has 0 spiro atoms. The van der Waals surface area contributed by atoms with Crippen LogP contribution in [0.25, 0.3) is 0 Å². The molecule has 1 heterocycles. The second kappa shape index (κ2) is 23.3. The SMILES string of the molecule is C=C(C)[C@@H](C=C[C@@H](C)[C@H]1CC[C@H]2[C@@H]3CC=C4C[C@@H](O[C@@H]5O[C@H](COC(=O)CCCCCCCCCCCCCCCC)[C@@H](O)[C@H](O)[C@H]5O)CC[C@]4(C)[C@H]3CC[C@]12C)CC. The van der Waals surface area contributed by atoms with Gasteiger partial charge in [0.2, 0.25) is 0 Å². The lowest BCUT2D eigenvalue weighted by Crippen LogP contribution is -2.60. The molecule has 59 heavy (non-hydrogen) atoms. The predicted octanol–water partition coefficient (Wildman–Crippen LogP) is 12.0. The molecule has 5 rings (SSSR count). The smallest absolute Gasteiger partial charge is 0.305 e. The Labute approximate surface area is 360 Å². The van der Waals surface area contributed by atoms with Gasteiger partial charge in [-0.25, -0.2) is 0 Å². The predicted molar refractivity (Wildman–Crippen MR) is 240 cm³/mol. The van der Waals surface area contributed by atoms with Crippen LogP contribution in [-0.4, -0.2) is 64.7 Å². The number of unbranched alkanes of at least 4 members (excludes halogenated alkanes) is 13. The van der Waals surface area contributed by atoms with Gasteiger partial charge >= 0.3 is 5.97 Å². The maximum atomic E-state index is 12.6. The molecule has 1 saturated heterocycles. The monoisotopic (exact) mass is 825 g/mol. The van der Waals surface area contributed by atoms with E-state index in [1.165, 1.54) is 107 Å². The van der Waals surface area contributed by atoms with E-state index < -0.39 is 30.7 Å². The number of esters is 1. The van der Waals surface area contributed by atoms with E-state index in [4.69, 9.17) is 14.2 Å². The number of carbonyl (C=O) groups is 1. The molecule has 7 nitrogen and oxygen atoms in total. The highest BCUT2D eigenvalue weighted by Crippen LogP contribution is 2.67. The lowest BCUT2D eigenvalue weighted by atomic mass is 9.47. The van der Waals surface area contributed by atoms with Crippen molar-refractivity contribution in [3.05, 3.63) is 36.0 Å². The van der Waals surface area contributed by atoms with E-state index >= 15 is 0 Å². The Morgan fingerprint density at radius 1 is 0.847 bits per heavy atom. The van der Waals surface area contributed by atoms with E-state index in [0.29, 0.717) is 29.6 Å². The van der Waals surface area contributed by atoms with Crippen LogP contribution in [0.5, 0.6) is 0 Å². The van der Waals surface area contributed by atoms with E-state index in [1.807, 2.05) is 0 Å². The molecule has 1 aliphatic heterocycles. The van der Waals surface area contributed by atoms with Crippen LogP contribution >= 0.6 is 0 Å². The molecule has 0 aromatic rings. The second-order valence-electron chi connectivity index (χ2n) is 20.6. The summed E-state index contributed by atoms with van der Waals surface area (Å²) in [5.41, 5.74) is 3.27. The Hall–Kier alpha value is -1.51. The summed E-state index contributed by atoms with van der Waals surface area (Å²) in [5.74, 6) is 3.62. The van der Waals surface area contributed by atoms with Crippen molar-refractivity contribution in [1.82, 2.24) is 0 Å². The van der Waals surface area contributed by atoms with Gasteiger partial charge in [-0.15, -0.1) is 0 Å². The summed E-state index contributed by atoms with van der Waals surface area (Å²) in [4.78, 5) is 12.6. The molecule has 0 aromatic heterocycles. The van der Waals surface area contributed by atoms with Crippen LogP contribution in [0.1, 0.15) is 196 Å². The molecule has 14 atom stereocenters. The molecular formula is C52H88O7. The van der Waals surface area contributed by atoms with Gasteiger partial charge < -0.3 is 29.5 Å². The molecule has 5 aliphatic rings. The summed E-state index contributed by atoms with van der Waals surface area (Å²) in [7, 11) is 0. The number of carbonyl (C=O) groups excluding carboxylic acids is 1. The van der Waals surface area contributed by atoms with Gasteiger partial charge in [-0.2, -0.15) is 0 Å². The van der Waals surface area contributed by atoms with Crippen molar-refractivity contribution < 1.29 is 34.3 Å². The van der Waals surface area contributed by atoms with Crippen molar-refractivity contribution in [2.24, 2.45) is 46.3 Å². The van der Waals surface area contributed by atoms with Crippen molar-refractivity contribution >= 4 is 5.97 Å². The van der Waals surface area contributed by atoms with Gasteiger partial charge in [-0.05, 0) is 117 Å². The lowest BCUT2D eigenvalue weighted by molar-refractivity contribution is -0.313. The van der Waals surface area contributed by atoms with Crippen LogP contribution in [0.4, 0.5) is 0 Å². The Morgan fingerprint density at radius 3 is 2.12 bits per heavy atom. The van der Waals surface area contributed by atoms with Crippen LogP contribution in [0.3, 0.4) is 0 Å². The first-order valence-corrected chi connectivity index (χ1v) is 24.9. The maximum Gasteiger partial charge on any atom is 0.305 e. The number of hydrogen-bond acceptors (Lipinski definition) is 7. The molecule has 0 radical (unpaired) electrons. The molecule has 338 valence electrons. The van der Waals surface area contributed by atoms with Gasteiger partial charge in [0.15, 0.2) is 6.29 Å². The normalized spacial score (nSPS) is 36.7. The maximum absolute atomic E-state index is 12.6. The second-order valence-corrected chi connectivity index (χ2v) is 20.6. The molecule has 0 bridgehead atoms. The summed E-state index contributed by atoms with van der Waals surface area (Å²) in [6, 6.07) is 0. The van der Waals surface area contributed by atoms with Crippen molar-refractivity contribution in [1.29, 1.82) is 0 Å². The topological polar surface area (TPSA) is 105 Å². The third-order valence-electron chi connectivity index (χ3n) is 16.6. The largest absolute Gasteiger partial charge is 0.463 e. The minimum Gasteiger partial charge on any atom is -0.463 e. The van der Waals surface area contributed by atoms with E-state index in [-0.39, 0.29) is 24.1 Å². The number of hydrogen-bond donors (Lipinski definition) is 3. The molecule has 0 aromatic carbocycles. The number of ether oxygens (including phenoxy) is 3. The average molecular weight is 825 g/mol. The van der Waals surface area contributed by atoms with Crippen molar-refractivity contribution in [3.8, 4) is 0 Å². The van der Waals surface area contributed by atoms with Gasteiger partial charge in [0.1, 0.15) is 31.0 Å². The summed E-state index contributed by atoms with van der Waals surface area (Å²) in [6.07, 6.45) is 29.2. The molecule has 0 unspecified atom stereocenters. The Balaban J connectivity index is 1.04. The zero-order chi connectivity index (χ0) is 42.6. The van der Waals surface area contributed by atoms with Crippen molar-refractivity contribution in [3.63, 3.8) is 0 Å². The molecular weight excluding hydrogens is 737 g/mol. The summed E-state index contributed by atoms with van der Waals surface area (Å²) >= 11 is 0. The fourth-order valence-corrected chi connectivity index (χ4v) is 12.8. The standard InChI is InChI=1S/C52H88O7/c1-8-10-11-12-13-14-15-16-17-18-19-20-21-22-23-46(53)57-35-45-47(54)48(55)49(56)50(59-45)58-40-30-32-51(6)39(34-40)26-27-41-43-29-28-42(52(43,7)33-31-44(41)51)37(5)24-25-38(9-2)36(3)4/h24-26,37-38,40-45,47-50,54-56H,3,8-23,27-35H2,1-2,4-7H3/t37-,38-,40+,41+,42-,43+,44+,45-,47-,48+,49-,50-,51+,52-/m1/s1. The van der Waals surface area contributed by atoms with E-state index in [1.54, 1.807) is 0 Å².